The standard InChI is InChI=1S/C15H15ClN4O2/c1-19-14-13(9-18-19)15(21)20(10-17-14)7-2-8-22-12-5-3-11(16)4-6-12/h3-6,9-10H,2,7-8H2,1H3. The van der Waals surface area contributed by atoms with Gasteiger partial charge >= 0.3 is 0 Å². The second-order valence-electron chi connectivity index (χ2n) is 4.90. The highest BCUT2D eigenvalue weighted by atomic mass is 35.5. The number of fused-ring (bicyclic) bond motifs is 1. The molecule has 3 aromatic rings. The smallest absolute Gasteiger partial charge is 0.264 e. The van der Waals surface area contributed by atoms with Crippen LogP contribution in [0.15, 0.2) is 41.6 Å². The number of halogens is 1. The lowest BCUT2D eigenvalue weighted by molar-refractivity contribution is 0.301. The molecule has 0 atom stereocenters. The molecule has 0 spiro atoms. The lowest BCUT2D eigenvalue weighted by Crippen LogP contribution is -2.21. The Bertz CT molecular complexity index is 839. The van der Waals surface area contributed by atoms with Gasteiger partial charge in [0.05, 0.1) is 19.1 Å². The molecule has 0 saturated heterocycles. The van der Waals surface area contributed by atoms with Crippen molar-refractivity contribution in [3.63, 3.8) is 0 Å². The first-order chi connectivity index (χ1) is 10.6. The average Bonchev–Trinajstić information content (AvgIpc) is 2.90. The largest absolute Gasteiger partial charge is 0.494 e. The molecule has 0 unspecified atom stereocenters. The van der Waals surface area contributed by atoms with Crippen molar-refractivity contribution in [1.82, 2.24) is 19.3 Å². The van der Waals surface area contributed by atoms with Gasteiger partial charge in [-0.15, -0.1) is 0 Å². The molecular weight excluding hydrogens is 304 g/mol. The summed E-state index contributed by atoms with van der Waals surface area (Å²) >= 11 is 5.81. The summed E-state index contributed by atoms with van der Waals surface area (Å²) in [4.78, 5) is 16.5. The summed E-state index contributed by atoms with van der Waals surface area (Å²) in [5.41, 5.74) is 0.517. The van der Waals surface area contributed by atoms with Crippen LogP contribution in [0, 0.1) is 0 Å². The number of benzene rings is 1. The highest BCUT2D eigenvalue weighted by molar-refractivity contribution is 6.30. The van der Waals surface area contributed by atoms with Crippen molar-refractivity contribution in [3.8, 4) is 5.75 Å². The third-order valence-electron chi connectivity index (χ3n) is 3.34. The molecule has 0 aliphatic heterocycles. The van der Waals surface area contributed by atoms with E-state index in [-0.39, 0.29) is 5.56 Å². The summed E-state index contributed by atoms with van der Waals surface area (Å²) in [6.07, 6.45) is 3.80. The molecule has 7 heteroatoms. The van der Waals surface area contributed by atoms with Gasteiger partial charge in [0.2, 0.25) is 0 Å². The molecule has 0 N–H and O–H groups in total. The van der Waals surface area contributed by atoms with Crippen LogP contribution in [0.1, 0.15) is 6.42 Å². The Kier molecular flexibility index (Phi) is 4.11. The first kappa shape index (κ1) is 14.6. The molecule has 2 aromatic heterocycles. The summed E-state index contributed by atoms with van der Waals surface area (Å²) in [5.74, 6) is 0.762. The molecule has 0 amide bonds. The quantitative estimate of drug-likeness (QED) is 0.677. The summed E-state index contributed by atoms with van der Waals surface area (Å²) in [6, 6.07) is 7.19. The minimum Gasteiger partial charge on any atom is -0.494 e. The molecule has 0 bridgehead atoms. The third kappa shape index (κ3) is 2.96. The van der Waals surface area contributed by atoms with Crippen molar-refractivity contribution in [2.75, 3.05) is 6.61 Å². The molecule has 1 aromatic carbocycles. The predicted molar refractivity (Wildman–Crippen MR) is 84.3 cm³/mol. The van der Waals surface area contributed by atoms with E-state index in [2.05, 4.69) is 10.1 Å². The molecule has 114 valence electrons. The van der Waals surface area contributed by atoms with Crippen LogP contribution in [-0.2, 0) is 13.6 Å². The van der Waals surface area contributed by atoms with E-state index in [1.807, 2.05) is 12.1 Å². The molecule has 0 aliphatic carbocycles. The van der Waals surface area contributed by atoms with Gasteiger partial charge < -0.3 is 4.74 Å². The average molecular weight is 319 g/mol. The van der Waals surface area contributed by atoms with Gasteiger partial charge in [-0.05, 0) is 30.7 Å². The van der Waals surface area contributed by atoms with Crippen LogP contribution in [0.25, 0.3) is 11.0 Å². The fourth-order valence-corrected chi connectivity index (χ4v) is 2.31. The molecule has 3 rings (SSSR count). The zero-order valence-electron chi connectivity index (χ0n) is 12.1. The van der Waals surface area contributed by atoms with Crippen molar-refractivity contribution >= 4 is 22.6 Å². The fourth-order valence-electron chi connectivity index (χ4n) is 2.18. The summed E-state index contributed by atoms with van der Waals surface area (Å²) in [6.45, 7) is 1.06. The molecular formula is C15H15ClN4O2. The molecule has 22 heavy (non-hydrogen) atoms. The third-order valence-corrected chi connectivity index (χ3v) is 3.60. The van der Waals surface area contributed by atoms with E-state index in [0.717, 1.165) is 5.75 Å². The van der Waals surface area contributed by atoms with Gasteiger partial charge in [-0.3, -0.25) is 14.0 Å². The summed E-state index contributed by atoms with van der Waals surface area (Å²) in [5, 5.41) is 5.25. The Morgan fingerprint density at radius 2 is 2.05 bits per heavy atom. The Morgan fingerprint density at radius 3 is 2.82 bits per heavy atom. The van der Waals surface area contributed by atoms with Crippen LogP contribution in [0.4, 0.5) is 0 Å². The monoisotopic (exact) mass is 318 g/mol. The van der Waals surface area contributed by atoms with E-state index < -0.39 is 0 Å². The second-order valence-corrected chi connectivity index (χ2v) is 5.34. The minimum absolute atomic E-state index is 0.0791. The maximum Gasteiger partial charge on any atom is 0.264 e. The van der Waals surface area contributed by atoms with E-state index >= 15 is 0 Å². The molecule has 0 radical (unpaired) electrons. The van der Waals surface area contributed by atoms with Crippen LogP contribution in [0.2, 0.25) is 5.02 Å². The van der Waals surface area contributed by atoms with Crippen LogP contribution >= 0.6 is 11.6 Å². The summed E-state index contributed by atoms with van der Waals surface area (Å²) in [7, 11) is 1.76. The second kappa shape index (κ2) is 6.19. The van der Waals surface area contributed by atoms with Gasteiger partial charge in [-0.2, -0.15) is 5.10 Å². The first-order valence-corrected chi connectivity index (χ1v) is 7.28. The first-order valence-electron chi connectivity index (χ1n) is 6.90. The van der Waals surface area contributed by atoms with Gasteiger partial charge in [-0.25, -0.2) is 4.98 Å². The maximum atomic E-state index is 12.3. The van der Waals surface area contributed by atoms with E-state index in [0.29, 0.717) is 35.6 Å². The number of aromatic nitrogens is 4. The summed E-state index contributed by atoms with van der Waals surface area (Å²) < 4.78 is 8.77. The number of rotatable bonds is 5. The van der Waals surface area contributed by atoms with E-state index in [9.17, 15) is 4.79 Å². The molecule has 6 nitrogen and oxygen atoms in total. The van der Waals surface area contributed by atoms with Crippen molar-refractivity contribution in [1.29, 1.82) is 0 Å². The Labute approximate surface area is 131 Å². The molecule has 0 aliphatic rings. The van der Waals surface area contributed by atoms with Gasteiger partial charge in [0.25, 0.3) is 5.56 Å². The lowest BCUT2D eigenvalue weighted by atomic mass is 10.3. The lowest BCUT2D eigenvalue weighted by Gasteiger charge is -2.07. The normalized spacial score (nSPS) is 11.0. The van der Waals surface area contributed by atoms with Crippen LogP contribution in [0.3, 0.4) is 0 Å². The van der Waals surface area contributed by atoms with E-state index in [4.69, 9.17) is 16.3 Å². The molecule has 0 saturated carbocycles. The Morgan fingerprint density at radius 1 is 1.27 bits per heavy atom. The van der Waals surface area contributed by atoms with Gasteiger partial charge in [0.1, 0.15) is 11.1 Å². The zero-order chi connectivity index (χ0) is 15.5. The highest BCUT2D eigenvalue weighted by Crippen LogP contribution is 2.15. The maximum absolute atomic E-state index is 12.3. The SMILES string of the molecule is Cn1ncc2c(=O)n(CCCOc3ccc(Cl)cc3)cnc21. The number of aryl methyl sites for hydroxylation is 2. The highest BCUT2D eigenvalue weighted by Gasteiger charge is 2.07. The topological polar surface area (TPSA) is 61.9 Å². The minimum atomic E-state index is -0.0791. The van der Waals surface area contributed by atoms with Gasteiger partial charge in [0.15, 0.2) is 5.65 Å². The number of ether oxygens (including phenoxy) is 1. The zero-order valence-corrected chi connectivity index (χ0v) is 12.8. The van der Waals surface area contributed by atoms with Crippen molar-refractivity contribution in [2.24, 2.45) is 7.05 Å². The van der Waals surface area contributed by atoms with Crippen molar-refractivity contribution < 1.29 is 4.74 Å². The fraction of sp³-hybridized carbons (Fsp3) is 0.267. The number of hydrogen-bond donors (Lipinski definition) is 0. The molecule has 2 heterocycles. The van der Waals surface area contributed by atoms with Crippen LogP contribution < -0.4 is 10.3 Å². The van der Waals surface area contributed by atoms with Crippen molar-refractivity contribution in [2.45, 2.75) is 13.0 Å². The Balaban J connectivity index is 1.61. The number of hydrogen-bond acceptors (Lipinski definition) is 4. The van der Waals surface area contributed by atoms with Crippen LogP contribution in [0.5, 0.6) is 5.75 Å². The van der Waals surface area contributed by atoms with E-state index in [1.165, 1.54) is 0 Å². The van der Waals surface area contributed by atoms with Crippen LogP contribution in [-0.4, -0.2) is 25.9 Å². The predicted octanol–water partition coefficient (Wildman–Crippen LogP) is 2.25. The van der Waals surface area contributed by atoms with E-state index in [1.54, 1.807) is 41.0 Å². The van der Waals surface area contributed by atoms with Gasteiger partial charge in [0, 0.05) is 18.6 Å². The van der Waals surface area contributed by atoms with Crippen molar-refractivity contribution in [3.05, 3.63) is 52.2 Å². The Hall–Kier alpha value is -2.34. The number of nitrogens with zero attached hydrogens (tertiary/aromatic N) is 4. The van der Waals surface area contributed by atoms with Gasteiger partial charge in [-0.1, -0.05) is 11.6 Å². The molecule has 0 fully saturated rings.